The first-order valence-electron chi connectivity index (χ1n) is 3.76. The normalized spacial score (nSPS) is 18.5. The summed E-state index contributed by atoms with van der Waals surface area (Å²) in [6.45, 7) is 0.504. The highest BCUT2D eigenvalue weighted by atomic mass is 16.5. The Morgan fingerprint density at radius 1 is 1.85 bits per heavy atom. The number of hydrogen-bond donors (Lipinski definition) is 0. The smallest absolute Gasteiger partial charge is 0.413 e. The number of hydrogen-bond acceptors (Lipinski definition) is 4. The number of methoxy groups -OCH3 is 1. The monoisotopic (exact) mass is 179 g/mol. The van der Waals surface area contributed by atoms with Crippen molar-refractivity contribution in [1.82, 2.24) is 4.90 Å². The van der Waals surface area contributed by atoms with Gasteiger partial charge in [-0.15, -0.1) is 0 Å². The number of carbonyl (C=O) groups is 1. The zero-order valence-electron chi connectivity index (χ0n) is 7.23. The van der Waals surface area contributed by atoms with E-state index in [0.717, 1.165) is 0 Å². The lowest BCUT2D eigenvalue weighted by molar-refractivity contribution is 0.140. The Morgan fingerprint density at radius 3 is 3.08 bits per heavy atom. The van der Waals surface area contributed by atoms with Gasteiger partial charge in [0.2, 0.25) is 6.19 Å². The Morgan fingerprint density at radius 2 is 2.62 bits per heavy atom. The van der Waals surface area contributed by atoms with Gasteiger partial charge in [-0.05, 0) is 6.08 Å². The van der Waals surface area contributed by atoms with Crippen LogP contribution in [0.25, 0.3) is 0 Å². The van der Waals surface area contributed by atoms with E-state index < -0.39 is 6.09 Å². The van der Waals surface area contributed by atoms with Gasteiger partial charge in [0.05, 0.1) is 12.8 Å². The van der Waals surface area contributed by atoms with Crippen molar-refractivity contribution in [2.45, 2.75) is 6.42 Å². The summed E-state index contributed by atoms with van der Waals surface area (Å²) in [6, 6.07) is 0. The molecule has 13 heavy (non-hydrogen) atoms. The SMILES string of the molecule is COC(=O)N1C=CC(=NC#N)CC1. The Bertz CT molecular complexity index is 301. The number of aliphatic imine (C=N–C) groups is 1. The highest BCUT2D eigenvalue weighted by Crippen LogP contribution is 2.05. The van der Waals surface area contributed by atoms with Crippen molar-refractivity contribution < 1.29 is 9.53 Å². The molecule has 1 amide bonds. The summed E-state index contributed by atoms with van der Waals surface area (Å²) in [5.41, 5.74) is 0.683. The third-order valence-electron chi connectivity index (χ3n) is 1.66. The molecule has 0 saturated carbocycles. The minimum Gasteiger partial charge on any atom is -0.452 e. The van der Waals surface area contributed by atoms with Crippen molar-refractivity contribution in [3.05, 3.63) is 12.3 Å². The van der Waals surface area contributed by atoms with E-state index >= 15 is 0 Å². The van der Waals surface area contributed by atoms with Crippen LogP contribution in [0.3, 0.4) is 0 Å². The van der Waals surface area contributed by atoms with Crippen LogP contribution < -0.4 is 0 Å². The Hall–Kier alpha value is -1.83. The van der Waals surface area contributed by atoms with Crippen molar-refractivity contribution >= 4 is 11.8 Å². The molecular weight excluding hydrogens is 170 g/mol. The van der Waals surface area contributed by atoms with Gasteiger partial charge in [0, 0.05) is 19.2 Å². The minimum absolute atomic E-state index is 0.396. The van der Waals surface area contributed by atoms with Gasteiger partial charge in [-0.2, -0.15) is 10.3 Å². The highest BCUT2D eigenvalue weighted by Gasteiger charge is 2.14. The van der Waals surface area contributed by atoms with Gasteiger partial charge in [-0.1, -0.05) is 0 Å². The maximum atomic E-state index is 11.0. The molecule has 0 aromatic heterocycles. The van der Waals surface area contributed by atoms with Crippen molar-refractivity contribution in [1.29, 1.82) is 5.26 Å². The predicted molar refractivity (Wildman–Crippen MR) is 45.9 cm³/mol. The Balaban J connectivity index is 2.63. The van der Waals surface area contributed by atoms with Crippen molar-refractivity contribution in [3.8, 4) is 6.19 Å². The quantitative estimate of drug-likeness (QED) is 0.519. The Kier molecular flexibility index (Phi) is 3.03. The zero-order chi connectivity index (χ0) is 9.68. The lowest BCUT2D eigenvalue weighted by atomic mass is 10.2. The van der Waals surface area contributed by atoms with Crippen LogP contribution in [-0.4, -0.2) is 30.4 Å². The Labute approximate surface area is 75.9 Å². The highest BCUT2D eigenvalue weighted by molar-refractivity contribution is 5.97. The molecule has 1 aliphatic heterocycles. The topological polar surface area (TPSA) is 65.7 Å². The zero-order valence-corrected chi connectivity index (χ0v) is 7.23. The number of nitrogens with zero attached hydrogens (tertiary/aromatic N) is 3. The molecule has 68 valence electrons. The molecule has 0 atom stereocenters. The number of ether oxygens (including phenoxy) is 1. The number of rotatable bonds is 0. The second-order valence-electron chi connectivity index (χ2n) is 2.43. The molecule has 0 aromatic carbocycles. The van der Waals surface area contributed by atoms with Crippen LogP contribution in [0.2, 0.25) is 0 Å². The van der Waals surface area contributed by atoms with Gasteiger partial charge in [-0.25, -0.2) is 4.79 Å². The number of amides is 1. The van der Waals surface area contributed by atoms with Gasteiger partial charge >= 0.3 is 6.09 Å². The number of allylic oxidation sites excluding steroid dienone is 1. The molecule has 1 aliphatic rings. The van der Waals surface area contributed by atoms with E-state index in [4.69, 9.17) is 5.26 Å². The second kappa shape index (κ2) is 4.26. The van der Waals surface area contributed by atoms with E-state index in [1.165, 1.54) is 12.0 Å². The van der Waals surface area contributed by atoms with Gasteiger partial charge in [0.1, 0.15) is 0 Å². The molecule has 0 spiro atoms. The third-order valence-corrected chi connectivity index (χ3v) is 1.66. The first-order valence-corrected chi connectivity index (χ1v) is 3.76. The van der Waals surface area contributed by atoms with Gasteiger partial charge in [-0.3, -0.25) is 4.90 Å². The van der Waals surface area contributed by atoms with E-state index in [9.17, 15) is 4.79 Å². The fourth-order valence-corrected chi connectivity index (χ4v) is 0.996. The van der Waals surface area contributed by atoms with Crippen LogP contribution in [-0.2, 0) is 4.74 Å². The second-order valence-corrected chi connectivity index (χ2v) is 2.43. The predicted octanol–water partition coefficient (Wildman–Crippen LogP) is 0.894. The summed E-state index contributed by atoms with van der Waals surface area (Å²) >= 11 is 0. The molecular formula is C8H9N3O2. The first-order chi connectivity index (χ1) is 6.27. The molecule has 0 radical (unpaired) electrons. The molecule has 1 rings (SSSR count). The van der Waals surface area contributed by atoms with Crippen LogP contribution in [0.1, 0.15) is 6.42 Å². The minimum atomic E-state index is -0.396. The van der Waals surface area contributed by atoms with E-state index in [0.29, 0.717) is 18.7 Å². The van der Waals surface area contributed by atoms with E-state index in [2.05, 4.69) is 9.73 Å². The van der Waals surface area contributed by atoms with Crippen molar-refractivity contribution in [2.24, 2.45) is 4.99 Å². The maximum absolute atomic E-state index is 11.0. The van der Waals surface area contributed by atoms with Gasteiger partial charge < -0.3 is 4.74 Å². The van der Waals surface area contributed by atoms with Crippen molar-refractivity contribution in [2.75, 3.05) is 13.7 Å². The van der Waals surface area contributed by atoms with Crippen LogP contribution in [0.15, 0.2) is 17.3 Å². The summed E-state index contributed by atoms with van der Waals surface area (Å²) in [6.07, 6.45) is 5.07. The molecule has 0 N–H and O–H groups in total. The molecule has 0 aromatic rings. The molecule has 0 fully saturated rings. The lowest BCUT2D eigenvalue weighted by Gasteiger charge is -2.19. The number of nitriles is 1. The maximum Gasteiger partial charge on any atom is 0.413 e. The summed E-state index contributed by atoms with van der Waals surface area (Å²) in [7, 11) is 1.33. The third kappa shape index (κ3) is 2.30. The van der Waals surface area contributed by atoms with E-state index in [1.807, 2.05) is 0 Å². The van der Waals surface area contributed by atoms with Crippen LogP contribution in [0.5, 0.6) is 0 Å². The molecule has 5 heteroatoms. The molecule has 0 saturated heterocycles. The molecule has 5 nitrogen and oxygen atoms in total. The lowest BCUT2D eigenvalue weighted by Crippen LogP contribution is -2.30. The summed E-state index contributed by atoms with van der Waals surface area (Å²) < 4.78 is 4.52. The standard InChI is InChI=1S/C8H9N3O2/c1-13-8(12)11-4-2-7(3-5-11)10-6-9/h2,4H,3,5H2,1H3. The summed E-state index contributed by atoms with van der Waals surface area (Å²) in [5.74, 6) is 0. The molecule has 0 aliphatic carbocycles. The largest absolute Gasteiger partial charge is 0.452 e. The van der Waals surface area contributed by atoms with Crippen molar-refractivity contribution in [3.63, 3.8) is 0 Å². The van der Waals surface area contributed by atoms with Gasteiger partial charge in [0.25, 0.3) is 0 Å². The molecule has 0 unspecified atom stereocenters. The van der Waals surface area contributed by atoms with Gasteiger partial charge in [0.15, 0.2) is 0 Å². The number of carbonyl (C=O) groups excluding carboxylic acids is 1. The fourth-order valence-electron chi connectivity index (χ4n) is 0.996. The van der Waals surface area contributed by atoms with E-state index in [1.54, 1.807) is 18.5 Å². The van der Waals surface area contributed by atoms with Crippen LogP contribution in [0.4, 0.5) is 4.79 Å². The molecule has 1 heterocycles. The first kappa shape index (κ1) is 9.26. The fraction of sp³-hybridized carbons (Fsp3) is 0.375. The average molecular weight is 179 g/mol. The summed E-state index contributed by atoms with van der Waals surface area (Å²) in [4.78, 5) is 16.0. The molecule has 0 bridgehead atoms. The van der Waals surface area contributed by atoms with Crippen LogP contribution >= 0.6 is 0 Å². The van der Waals surface area contributed by atoms with Crippen LogP contribution in [0, 0.1) is 11.5 Å². The van der Waals surface area contributed by atoms with E-state index in [-0.39, 0.29) is 0 Å². The average Bonchev–Trinajstić information content (AvgIpc) is 2.18. The summed E-state index contributed by atoms with van der Waals surface area (Å²) in [5, 5.41) is 8.26.